The van der Waals surface area contributed by atoms with Gasteiger partial charge in [0.1, 0.15) is 10.7 Å². The molecule has 9 heteroatoms. The molecule has 0 unspecified atom stereocenters. The highest BCUT2D eigenvalue weighted by Gasteiger charge is 2.15. The molecule has 27 heavy (non-hydrogen) atoms. The van der Waals surface area contributed by atoms with Gasteiger partial charge in [-0.2, -0.15) is 0 Å². The van der Waals surface area contributed by atoms with Crippen LogP contribution in [0.5, 0.6) is 0 Å². The number of halogens is 1. The third-order valence-corrected chi connectivity index (χ3v) is 4.92. The quantitative estimate of drug-likeness (QED) is 0.480. The Morgan fingerprint density at radius 2 is 1.89 bits per heavy atom. The summed E-state index contributed by atoms with van der Waals surface area (Å²) in [4.78, 5) is 26.7. The third kappa shape index (κ3) is 4.68. The van der Waals surface area contributed by atoms with E-state index in [-0.39, 0.29) is 17.9 Å². The van der Waals surface area contributed by atoms with E-state index in [1.807, 2.05) is 12.1 Å². The van der Waals surface area contributed by atoms with E-state index in [0.29, 0.717) is 15.6 Å². The highest BCUT2D eigenvalue weighted by Crippen LogP contribution is 2.25. The molecule has 1 amide bonds. The van der Waals surface area contributed by atoms with Gasteiger partial charge in [-0.15, -0.1) is 11.3 Å². The van der Waals surface area contributed by atoms with Gasteiger partial charge in [0.05, 0.1) is 11.0 Å². The number of rotatable bonds is 6. The fourth-order valence-electron chi connectivity index (χ4n) is 2.32. The van der Waals surface area contributed by atoms with E-state index in [9.17, 15) is 20.0 Å². The SMILES string of the molecule is O=C(NC[C@H](O)c1ccc([N+](=O)[O-])cc1)c1csc(-c2ccc(Cl)cc2)n1. The van der Waals surface area contributed by atoms with Crippen molar-refractivity contribution >= 4 is 34.5 Å². The molecule has 0 radical (unpaired) electrons. The third-order valence-electron chi connectivity index (χ3n) is 3.77. The fraction of sp³-hybridized carbons (Fsp3) is 0.111. The summed E-state index contributed by atoms with van der Waals surface area (Å²) in [7, 11) is 0. The van der Waals surface area contributed by atoms with E-state index in [1.54, 1.807) is 17.5 Å². The van der Waals surface area contributed by atoms with Crippen molar-refractivity contribution in [1.29, 1.82) is 0 Å². The summed E-state index contributed by atoms with van der Waals surface area (Å²) in [6, 6.07) is 12.7. The van der Waals surface area contributed by atoms with Crippen molar-refractivity contribution in [1.82, 2.24) is 10.3 Å². The number of thiazole rings is 1. The molecule has 0 saturated carbocycles. The molecule has 1 aromatic heterocycles. The first-order chi connectivity index (χ1) is 12.9. The van der Waals surface area contributed by atoms with Crippen LogP contribution in [0.2, 0.25) is 5.02 Å². The molecule has 0 saturated heterocycles. The smallest absolute Gasteiger partial charge is 0.270 e. The van der Waals surface area contributed by atoms with Crippen molar-refractivity contribution in [3.8, 4) is 10.6 Å². The van der Waals surface area contributed by atoms with Gasteiger partial charge >= 0.3 is 0 Å². The summed E-state index contributed by atoms with van der Waals surface area (Å²) in [5, 5.41) is 26.3. The van der Waals surface area contributed by atoms with Crippen LogP contribution in [0.15, 0.2) is 53.9 Å². The first-order valence-corrected chi connectivity index (χ1v) is 9.12. The Labute approximate surface area is 163 Å². The maximum absolute atomic E-state index is 12.2. The summed E-state index contributed by atoms with van der Waals surface area (Å²) in [6.07, 6.45) is -0.982. The second-order valence-corrected chi connectivity index (χ2v) is 6.91. The Kier molecular flexibility index (Phi) is 5.80. The summed E-state index contributed by atoms with van der Waals surface area (Å²) in [6.45, 7) is -0.0373. The molecule has 1 atom stereocenters. The van der Waals surface area contributed by atoms with Gasteiger partial charge in [-0.3, -0.25) is 14.9 Å². The lowest BCUT2D eigenvalue weighted by atomic mass is 10.1. The van der Waals surface area contributed by atoms with Crippen LogP contribution in [-0.2, 0) is 0 Å². The minimum Gasteiger partial charge on any atom is -0.387 e. The van der Waals surface area contributed by atoms with Crippen molar-refractivity contribution < 1.29 is 14.8 Å². The average Bonchev–Trinajstić information content (AvgIpc) is 3.16. The van der Waals surface area contributed by atoms with Crippen LogP contribution in [0.1, 0.15) is 22.2 Å². The van der Waals surface area contributed by atoms with Crippen molar-refractivity contribution in [2.24, 2.45) is 0 Å². The molecule has 0 spiro atoms. The van der Waals surface area contributed by atoms with Crippen molar-refractivity contribution in [3.05, 3.63) is 80.3 Å². The second-order valence-electron chi connectivity index (χ2n) is 5.62. The highest BCUT2D eigenvalue weighted by atomic mass is 35.5. The molecule has 138 valence electrons. The number of nitrogens with zero attached hydrogens (tertiary/aromatic N) is 2. The van der Waals surface area contributed by atoms with E-state index >= 15 is 0 Å². The van der Waals surface area contributed by atoms with E-state index < -0.39 is 16.9 Å². The molecule has 3 rings (SSSR count). The number of nitrogens with one attached hydrogen (secondary N) is 1. The zero-order valence-electron chi connectivity index (χ0n) is 13.8. The molecule has 0 aliphatic carbocycles. The number of hydrogen-bond acceptors (Lipinski definition) is 6. The molecule has 0 bridgehead atoms. The van der Waals surface area contributed by atoms with Crippen LogP contribution in [-0.4, -0.2) is 27.5 Å². The predicted octanol–water partition coefficient (Wildman–Crippen LogP) is 3.84. The Hall–Kier alpha value is -2.81. The number of benzene rings is 2. The number of non-ortho nitro benzene ring substituents is 1. The number of carbonyl (C=O) groups excluding carboxylic acids is 1. The number of carbonyl (C=O) groups is 1. The fourth-order valence-corrected chi connectivity index (χ4v) is 3.25. The molecule has 1 heterocycles. The maximum Gasteiger partial charge on any atom is 0.270 e. The Morgan fingerprint density at radius 1 is 1.22 bits per heavy atom. The number of amides is 1. The summed E-state index contributed by atoms with van der Waals surface area (Å²) < 4.78 is 0. The Bertz CT molecular complexity index is 957. The number of hydrogen-bond donors (Lipinski definition) is 2. The lowest BCUT2D eigenvalue weighted by Gasteiger charge is -2.11. The first-order valence-electron chi connectivity index (χ1n) is 7.86. The molecule has 3 aromatic rings. The normalized spacial score (nSPS) is 11.8. The second kappa shape index (κ2) is 8.26. The van der Waals surface area contributed by atoms with Crippen LogP contribution in [0.4, 0.5) is 5.69 Å². The van der Waals surface area contributed by atoms with Gasteiger partial charge < -0.3 is 10.4 Å². The molecular weight excluding hydrogens is 390 g/mol. The van der Waals surface area contributed by atoms with E-state index in [1.165, 1.54) is 35.6 Å². The van der Waals surface area contributed by atoms with Gasteiger partial charge in [-0.05, 0) is 29.8 Å². The largest absolute Gasteiger partial charge is 0.387 e. The Morgan fingerprint density at radius 3 is 2.52 bits per heavy atom. The summed E-state index contributed by atoms with van der Waals surface area (Å²) >= 11 is 7.19. The number of nitro groups is 1. The van der Waals surface area contributed by atoms with E-state index in [2.05, 4.69) is 10.3 Å². The average molecular weight is 404 g/mol. The van der Waals surface area contributed by atoms with Crippen LogP contribution < -0.4 is 5.32 Å². The van der Waals surface area contributed by atoms with Crippen molar-refractivity contribution in [2.45, 2.75) is 6.10 Å². The van der Waals surface area contributed by atoms with Gasteiger partial charge in [0, 0.05) is 34.6 Å². The first kappa shape index (κ1) is 19.0. The van der Waals surface area contributed by atoms with Crippen LogP contribution in [0.3, 0.4) is 0 Å². The van der Waals surface area contributed by atoms with E-state index in [0.717, 1.165) is 5.56 Å². The monoisotopic (exact) mass is 403 g/mol. The lowest BCUT2D eigenvalue weighted by molar-refractivity contribution is -0.384. The number of aromatic nitrogens is 1. The summed E-state index contributed by atoms with van der Waals surface area (Å²) in [5.41, 5.74) is 1.52. The topological polar surface area (TPSA) is 105 Å². The Balaban J connectivity index is 1.60. The van der Waals surface area contributed by atoms with Crippen molar-refractivity contribution in [2.75, 3.05) is 6.54 Å². The highest BCUT2D eigenvalue weighted by molar-refractivity contribution is 7.13. The number of aliphatic hydroxyl groups excluding tert-OH is 1. The van der Waals surface area contributed by atoms with Gasteiger partial charge in [0.2, 0.25) is 0 Å². The maximum atomic E-state index is 12.2. The summed E-state index contributed by atoms with van der Waals surface area (Å²) in [5.74, 6) is -0.410. The molecule has 0 aliphatic rings. The van der Waals surface area contributed by atoms with E-state index in [4.69, 9.17) is 11.6 Å². The standard InChI is InChI=1S/C18H14ClN3O4S/c19-13-5-1-12(2-6-13)18-21-15(10-27-18)17(24)20-9-16(23)11-3-7-14(8-4-11)22(25)26/h1-8,10,16,23H,9H2,(H,20,24)/t16-/m0/s1. The van der Waals surface area contributed by atoms with Crippen molar-refractivity contribution in [3.63, 3.8) is 0 Å². The molecule has 7 nitrogen and oxygen atoms in total. The zero-order valence-corrected chi connectivity index (χ0v) is 15.4. The predicted molar refractivity (Wildman–Crippen MR) is 103 cm³/mol. The minimum absolute atomic E-state index is 0.0373. The molecule has 2 N–H and O–H groups in total. The number of aliphatic hydroxyl groups is 1. The molecular formula is C18H14ClN3O4S. The van der Waals surface area contributed by atoms with Gasteiger partial charge in [-0.25, -0.2) is 4.98 Å². The molecule has 2 aromatic carbocycles. The minimum atomic E-state index is -0.982. The van der Waals surface area contributed by atoms with Crippen LogP contribution in [0.25, 0.3) is 10.6 Å². The van der Waals surface area contributed by atoms with Gasteiger partial charge in [-0.1, -0.05) is 23.7 Å². The van der Waals surface area contributed by atoms with Crippen LogP contribution in [0, 0.1) is 10.1 Å². The lowest BCUT2D eigenvalue weighted by Crippen LogP contribution is -2.28. The van der Waals surface area contributed by atoms with Crippen LogP contribution >= 0.6 is 22.9 Å². The number of nitro benzene ring substituents is 1. The molecule has 0 fully saturated rings. The van der Waals surface area contributed by atoms with Gasteiger partial charge in [0.25, 0.3) is 11.6 Å². The molecule has 0 aliphatic heterocycles. The van der Waals surface area contributed by atoms with Gasteiger partial charge in [0.15, 0.2) is 0 Å². The zero-order chi connectivity index (χ0) is 19.4.